The molecule has 1 amide bonds. The largest absolute Gasteiger partial charge is 0.454 e. The number of rotatable bonds is 3. The second-order valence-electron chi connectivity index (χ2n) is 4.18. The molecule has 0 aliphatic heterocycles. The molecule has 0 unspecified atom stereocenters. The predicted molar refractivity (Wildman–Crippen MR) is 69.7 cm³/mol. The number of primary amides is 1. The van der Waals surface area contributed by atoms with Gasteiger partial charge in [-0.2, -0.15) is 0 Å². The predicted octanol–water partition coefficient (Wildman–Crippen LogP) is 2.86. The summed E-state index contributed by atoms with van der Waals surface area (Å²) < 4.78 is 17.7. The number of hydrogen-bond donors (Lipinski definition) is 1. The van der Waals surface area contributed by atoms with Crippen LogP contribution >= 0.6 is 0 Å². The van der Waals surface area contributed by atoms with E-state index in [1.165, 1.54) is 18.3 Å². The number of hydrogen-bond acceptors (Lipinski definition) is 4. The molecular formula is C14H9FN2O3. The van der Waals surface area contributed by atoms with Crippen molar-refractivity contribution >= 4 is 16.9 Å². The summed E-state index contributed by atoms with van der Waals surface area (Å²) in [5, 5.41) is 0.691. The van der Waals surface area contributed by atoms with Gasteiger partial charge in [0, 0.05) is 16.1 Å². The molecule has 1 aromatic carbocycles. The first-order chi connectivity index (χ1) is 9.67. The van der Waals surface area contributed by atoms with Crippen molar-refractivity contribution < 1.29 is 18.7 Å². The van der Waals surface area contributed by atoms with Crippen LogP contribution in [0.15, 0.2) is 47.0 Å². The fourth-order valence-corrected chi connectivity index (χ4v) is 1.88. The number of aromatic nitrogens is 1. The number of carbonyl (C=O) groups excluding carboxylic acids is 1. The van der Waals surface area contributed by atoms with Crippen LogP contribution in [-0.2, 0) is 0 Å². The first-order valence-electron chi connectivity index (χ1n) is 5.76. The van der Waals surface area contributed by atoms with E-state index in [0.717, 1.165) is 0 Å². The van der Waals surface area contributed by atoms with Crippen LogP contribution < -0.4 is 10.7 Å². The molecule has 2 heterocycles. The minimum absolute atomic E-state index is 0.0990. The van der Waals surface area contributed by atoms with Crippen molar-refractivity contribution in [1.29, 1.82) is 0 Å². The zero-order valence-electron chi connectivity index (χ0n) is 10.2. The minimum atomic E-state index is -0.543. The monoisotopic (exact) mass is 272 g/mol. The van der Waals surface area contributed by atoms with Crippen molar-refractivity contribution in [1.82, 2.24) is 4.98 Å². The Hall–Kier alpha value is -2.89. The van der Waals surface area contributed by atoms with E-state index in [1.807, 2.05) is 0 Å². The first kappa shape index (κ1) is 12.2. The smallest absolute Gasteiger partial charge is 0.250 e. The molecule has 0 fully saturated rings. The Kier molecular flexibility index (Phi) is 2.83. The van der Waals surface area contributed by atoms with Crippen LogP contribution in [0.25, 0.3) is 22.4 Å². The topological polar surface area (TPSA) is 78.4 Å². The molecule has 3 aromatic rings. The van der Waals surface area contributed by atoms with E-state index in [0.29, 0.717) is 28.0 Å². The number of fused-ring (bicyclic) bond motifs is 1. The SMILES string of the molecule is NC(=O)c1ccc(-c2cc3cc(OF)ccc3o2)nc1. The van der Waals surface area contributed by atoms with E-state index in [1.54, 1.807) is 24.3 Å². The number of halogens is 1. The normalized spacial score (nSPS) is 10.7. The van der Waals surface area contributed by atoms with E-state index >= 15 is 0 Å². The Bertz CT molecular complexity index is 781. The third-order valence-corrected chi connectivity index (χ3v) is 2.88. The van der Waals surface area contributed by atoms with Crippen molar-refractivity contribution in [2.45, 2.75) is 0 Å². The Morgan fingerprint density at radius 3 is 2.75 bits per heavy atom. The Morgan fingerprint density at radius 2 is 2.10 bits per heavy atom. The number of pyridine rings is 1. The molecule has 0 bridgehead atoms. The second-order valence-corrected chi connectivity index (χ2v) is 4.18. The molecule has 3 rings (SSSR count). The van der Waals surface area contributed by atoms with Crippen molar-refractivity contribution in [3.05, 3.63) is 48.2 Å². The van der Waals surface area contributed by atoms with Crippen LogP contribution in [0.4, 0.5) is 4.53 Å². The number of furan rings is 1. The first-order valence-corrected chi connectivity index (χ1v) is 5.76. The highest BCUT2D eigenvalue weighted by Gasteiger charge is 2.09. The fourth-order valence-electron chi connectivity index (χ4n) is 1.88. The quantitative estimate of drug-likeness (QED) is 0.795. The van der Waals surface area contributed by atoms with E-state index in [4.69, 9.17) is 10.2 Å². The number of benzene rings is 1. The average Bonchev–Trinajstić information content (AvgIpc) is 2.90. The highest BCUT2D eigenvalue weighted by atomic mass is 19.3. The summed E-state index contributed by atoms with van der Waals surface area (Å²) in [6.45, 7) is 0. The Labute approximate surface area is 112 Å². The van der Waals surface area contributed by atoms with Gasteiger partial charge in [-0.05, 0) is 36.4 Å². The molecule has 0 atom stereocenters. The number of carbonyl (C=O) groups is 1. The molecule has 0 saturated heterocycles. The summed E-state index contributed by atoms with van der Waals surface area (Å²) in [4.78, 5) is 18.7. The van der Waals surface area contributed by atoms with Crippen LogP contribution in [-0.4, -0.2) is 10.9 Å². The van der Waals surface area contributed by atoms with Gasteiger partial charge < -0.3 is 10.2 Å². The number of nitrogens with two attached hydrogens (primary N) is 1. The van der Waals surface area contributed by atoms with Crippen molar-refractivity contribution in [3.8, 4) is 17.2 Å². The van der Waals surface area contributed by atoms with Gasteiger partial charge in [-0.1, -0.05) is 0 Å². The Morgan fingerprint density at radius 1 is 1.25 bits per heavy atom. The Balaban J connectivity index is 2.03. The van der Waals surface area contributed by atoms with Crippen molar-refractivity contribution in [3.63, 3.8) is 0 Å². The summed E-state index contributed by atoms with van der Waals surface area (Å²) in [7, 11) is 0. The third-order valence-electron chi connectivity index (χ3n) is 2.88. The van der Waals surface area contributed by atoms with Gasteiger partial charge in [-0.3, -0.25) is 14.7 Å². The van der Waals surface area contributed by atoms with Gasteiger partial charge in [0.05, 0.1) is 5.56 Å². The molecule has 0 aliphatic rings. The summed E-state index contributed by atoms with van der Waals surface area (Å²) in [6.07, 6.45) is 1.38. The highest BCUT2D eigenvalue weighted by molar-refractivity contribution is 5.92. The maximum absolute atomic E-state index is 12.1. The summed E-state index contributed by atoms with van der Waals surface area (Å²) in [6, 6.07) is 9.48. The van der Waals surface area contributed by atoms with Crippen molar-refractivity contribution in [2.75, 3.05) is 0 Å². The van der Waals surface area contributed by atoms with Gasteiger partial charge in [0.1, 0.15) is 11.3 Å². The highest BCUT2D eigenvalue weighted by Crippen LogP contribution is 2.29. The van der Waals surface area contributed by atoms with E-state index in [9.17, 15) is 9.32 Å². The van der Waals surface area contributed by atoms with Gasteiger partial charge >= 0.3 is 0 Å². The zero-order valence-corrected chi connectivity index (χ0v) is 10.2. The molecule has 5 nitrogen and oxygen atoms in total. The molecule has 20 heavy (non-hydrogen) atoms. The molecule has 0 aliphatic carbocycles. The average molecular weight is 272 g/mol. The van der Waals surface area contributed by atoms with Crippen LogP contribution in [0.3, 0.4) is 0 Å². The van der Waals surface area contributed by atoms with Gasteiger partial charge in [-0.15, -0.1) is 0 Å². The number of amides is 1. The molecule has 0 spiro atoms. The fraction of sp³-hybridized carbons (Fsp3) is 0. The summed E-state index contributed by atoms with van der Waals surface area (Å²) >= 11 is 0. The maximum atomic E-state index is 12.1. The van der Waals surface area contributed by atoms with E-state index in [2.05, 4.69) is 9.93 Å². The molecule has 2 aromatic heterocycles. The zero-order chi connectivity index (χ0) is 14.1. The lowest BCUT2D eigenvalue weighted by Crippen LogP contribution is -2.10. The molecular weight excluding hydrogens is 263 g/mol. The van der Waals surface area contributed by atoms with Crippen LogP contribution in [0.5, 0.6) is 5.75 Å². The standard InChI is InChI=1S/C14H9FN2O3/c15-20-10-2-4-12-9(5-10)6-13(19-12)11-3-1-8(7-17-11)14(16)18/h1-7H,(H2,16,18). The lowest BCUT2D eigenvalue weighted by molar-refractivity contribution is -0.00604. The van der Waals surface area contributed by atoms with Crippen LogP contribution in [0, 0.1) is 0 Å². The van der Waals surface area contributed by atoms with Gasteiger partial charge in [0.25, 0.3) is 0 Å². The molecule has 2 N–H and O–H groups in total. The molecule has 0 radical (unpaired) electrons. The maximum Gasteiger partial charge on any atom is 0.250 e. The van der Waals surface area contributed by atoms with Crippen molar-refractivity contribution in [2.24, 2.45) is 5.73 Å². The van der Waals surface area contributed by atoms with Crippen LogP contribution in [0.1, 0.15) is 10.4 Å². The third kappa shape index (κ3) is 2.07. The van der Waals surface area contributed by atoms with E-state index < -0.39 is 5.91 Å². The molecule has 0 saturated carbocycles. The van der Waals surface area contributed by atoms with Crippen LogP contribution in [0.2, 0.25) is 0 Å². The number of nitrogens with zero attached hydrogens (tertiary/aromatic N) is 1. The van der Waals surface area contributed by atoms with Gasteiger partial charge in [0.2, 0.25) is 5.91 Å². The lowest BCUT2D eigenvalue weighted by Gasteiger charge is -1.97. The summed E-state index contributed by atoms with van der Waals surface area (Å²) in [5.41, 5.74) is 6.60. The van der Waals surface area contributed by atoms with Gasteiger partial charge in [-0.25, -0.2) is 0 Å². The van der Waals surface area contributed by atoms with Gasteiger partial charge in [0.15, 0.2) is 11.5 Å². The summed E-state index contributed by atoms with van der Waals surface area (Å²) in [5.74, 6) is 0.0623. The van der Waals surface area contributed by atoms with E-state index in [-0.39, 0.29) is 5.75 Å². The molecule has 6 heteroatoms. The molecule has 100 valence electrons. The lowest BCUT2D eigenvalue weighted by atomic mass is 10.2. The second kappa shape index (κ2) is 4.65. The minimum Gasteiger partial charge on any atom is -0.454 e.